The van der Waals surface area contributed by atoms with Crippen molar-refractivity contribution in [2.75, 3.05) is 16.1 Å². The number of hydrogen-bond acceptors (Lipinski definition) is 7. The predicted molar refractivity (Wildman–Crippen MR) is 67.0 cm³/mol. The topological polar surface area (TPSA) is 144 Å². The highest BCUT2D eigenvalue weighted by Gasteiger charge is 2.25. The predicted octanol–water partition coefficient (Wildman–Crippen LogP) is 0.0442. The Balaban J connectivity index is 3.23. The Labute approximate surface area is 109 Å². The molecule has 0 saturated heterocycles. The molecule has 0 aromatic heterocycles. The van der Waals surface area contributed by atoms with Gasteiger partial charge in [-0.25, -0.2) is 16.8 Å². The summed E-state index contributed by atoms with van der Waals surface area (Å²) in [6.07, 6.45) is 0.700. The summed E-state index contributed by atoms with van der Waals surface area (Å²) in [7, 11) is -8.22. The number of anilines is 1. The van der Waals surface area contributed by atoms with Gasteiger partial charge in [-0.1, -0.05) is 6.07 Å². The standard InChI is InChI=1S/C8H10N2O7S2/c1-18(14,15)5-19(16,17)9-8-6(10(12)13)3-2-4-7(8)11/h2-4,9,11H,5H2,1H3. The van der Waals surface area contributed by atoms with Crippen LogP contribution in [-0.4, -0.2) is 38.2 Å². The number of nitrogens with zero attached hydrogens (tertiary/aromatic N) is 1. The van der Waals surface area contributed by atoms with Crippen molar-refractivity contribution in [3.05, 3.63) is 28.3 Å². The summed E-state index contributed by atoms with van der Waals surface area (Å²) in [5.41, 5.74) is -1.35. The largest absolute Gasteiger partial charge is 0.505 e. The van der Waals surface area contributed by atoms with Gasteiger partial charge in [-0.15, -0.1) is 0 Å². The Bertz CT molecular complexity index is 709. The van der Waals surface area contributed by atoms with Gasteiger partial charge < -0.3 is 5.11 Å². The first-order valence-corrected chi connectivity index (χ1v) is 8.38. The maximum atomic E-state index is 11.5. The van der Waals surface area contributed by atoms with E-state index in [2.05, 4.69) is 0 Å². The summed E-state index contributed by atoms with van der Waals surface area (Å²) in [6.45, 7) is 0. The third-order valence-electron chi connectivity index (χ3n) is 1.84. The van der Waals surface area contributed by atoms with Gasteiger partial charge in [0.1, 0.15) is 5.75 Å². The van der Waals surface area contributed by atoms with Gasteiger partial charge in [-0.2, -0.15) is 0 Å². The SMILES string of the molecule is CS(=O)(=O)CS(=O)(=O)Nc1c(O)cccc1[N+](=O)[O-]. The summed E-state index contributed by atoms with van der Waals surface area (Å²) in [5, 5.41) is 18.9. The summed E-state index contributed by atoms with van der Waals surface area (Å²) in [5.74, 6) is -0.675. The maximum Gasteiger partial charge on any atom is 0.297 e. The maximum absolute atomic E-state index is 11.5. The normalized spacial score (nSPS) is 12.1. The fourth-order valence-corrected chi connectivity index (χ4v) is 4.26. The number of phenolic OH excluding ortho intramolecular Hbond substituents is 1. The van der Waals surface area contributed by atoms with Crippen molar-refractivity contribution in [3.8, 4) is 5.75 Å². The molecule has 2 N–H and O–H groups in total. The zero-order chi connectivity index (χ0) is 14.8. The molecule has 0 unspecified atom stereocenters. The van der Waals surface area contributed by atoms with Gasteiger partial charge in [0.15, 0.2) is 20.6 Å². The van der Waals surface area contributed by atoms with E-state index in [9.17, 15) is 32.1 Å². The molecule has 0 atom stereocenters. The van der Waals surface area contributed by atoms with Crippen molar-refractivity contribution < 1.29 is 26.9 Å². The zero-order valence-corrected chi connectivity index (χ0v) is 11.2. The van der Waals surface area contributed by atoms with E-state index in [1.807, 2.05) is 0 Å². The Kier molecular flexibility index (Phi) is 4.00. The highest BCUT2D eigenvalue weighted by molar-refractivity contribution is 8.08. The van der Waals surface area contributed by atoms with E-state index in [0.717, 1.165) is 18.2 Å². The molecule has 0 fully saturated rings. The fraction of sp³-hybridized carbons (Fsp3) is 0.250. The number of nitrogens with one attached hydrogen (secondary N) is 1. The molecule has 0 bridgehead atoms. The lowest BCUT2D eigenvalue weighted by atomic mass is 10.2. The molecule has 0 heterocycles. The molecule has 0 saturated carbocycles. The third kappa shape index (κ3) is 4.37. The van der Waals surface area contributed by atoms with Crippen LogP contribution in [0.25, 0.3) is 0 Å². The number of benzene rings is 1. The number of phenols is 1. The van der Waals surface area contributed by atoms with E-state index >= 15 is 0 Å². The van der Waals surface area contributed by atoms with Gasteiger partial charge in [-0.05, 0) is 6.07 Å². The highest BCUT2D eigenvalue weighted by Crippen LogP contribution is 2.33. The van der Waals surface area contributed by atoms with Gasteiger partial charge in [0.2, 0.25) is 10.0 Å². The minimum absolute atomic E-state index is 0.670. The second kappa shape index (κ2) is 5.01. The smallest absolute Gasteiger partial charge is 0.297 e. The molecule has 0 aliphatic heterocycles. The van der Waals surface area contributed by atoms with Crippen LogP contribution in [0.4, 0.5) is 11.4 Å². The minimum Gasteiger partial charge on any atom is -0.505 e. The van der Waals surface area contributed by atoms with Crippen LogP contribution >= 0.6 is 0 Å². The molecular formula is C8H10N2O7S2. The monoisotopic (exact) mass is 310 g/mol. The van der Waals surface area contributed by atoms with Crippen LogP contribution in [0.3, 0.4) is 0 Å². The number of rotatable bonds is 5. The number of sulfonamides is 1. The molecule has 106 valence electrons. The summed E-state index contributed by atoms with van der Waals surface area (Å²) in [4.78, 5) is 9.78. The number of hydrogen-bond donors (Lipinski definition) is 2. The van der Waals surface area contributed by atoms with Crippen LogP contribution in [0.15, 0.2) is 18.2 Å². The Hall–Kier alpha value is -1.88. The van der Waals surface area contributed by atoms with E-state index in [1.165, 1.54) is 0 Å². The van der Waals surface area contributed by atoms with Crippen molar-refractivity contribution in [1.29, 1.82) is 0 Å². The molecule has 0 radical (unpaired) electrons. The highest BCUT2D eigenvalue weighted by atomic mass is 32.3. The average Bonchev–Trinajstić information content (AvgIpc) is 2.16. The van der Waals surface area contributed by atoms with Crippen molar-refractivity contribution in [2.45, 2.75) is 0 Å². The van der Waals surface area contributed by atoms with Crippen LogP contribution in [0.5, 0.6) is 5.75 Å². The fourth-order valence-electron chi connectivity index (χ4n) is 1.25. The van der Waals surface area contributed by atoms with Crippen molar-refractivity contribution in [1.82, 2.24) is 0 Å². The molecular weight excluding hydrogens is 300 g/mol. The van der Waals surface area contributed by atoms with Gasteiger partial charge in [0.25, 0.3) is 5.69 Å². The third-order valence-corrected chi connectivity index (χ3v) is 5.31. The summed E-state index contributed by atoms with van der Waals surface area (Å²) in [6, 6.07) is 3.16. The molecule has 11 heteroatoms. The molecule has 1 rings (SSSR count). The van der Waals surface area contributed by atoms with Crippen LogP contribution < -0.4 is 4.72 Å². The molecule has 0 aliphatic rings. The Morgan fingerprint density at radius 1 is 1.32 bits per heavy atom. The lowest BCUT2D eigenvalue weighted by Gasteiger charge is -2.08. The van der Waals surface area contributed by atoms with E-state index in [4.69, 9.17) is 0 Å². The first-order chi connectivity index (χ1) is 8.52. The molecule has 1 aromatic carbocycles. The minimum atomic E-state index is -4.37. The average molecular weight is 310 g/mol. The number of sulfone groups is 1. The second-order valence-electron chi connectivity index (χ2n) is 3.69. The number of aromatic hydroxyl groups is 1. The van der Waals surface area contributed by atoms with Crippen LogP contribution in [0.2, 0.25) is 0 Å². The molecule has 9 nitrogen and oxygen atoms in total. The molecule has 0 spiro atoms. The van der Waals surface area contributed by atoms with Gasteiger partial charge >= 0.3 is 0 Å². The molecule has 1 aromatic rings. The van der Waals surface area contributed by atoms with E-state index in [0.29, 0.717) is 6.26 Å². The number of nitro groups is 1. The molecule has 0 amide bonds. The van der Waals surface area contributed by atoms with Crippen molar-refractivity contribution in [3.63, 3.8) is 0 Å². The lowest BCUT2D eigenvalue weighted by Crippen LogP contribution is -2.22. The second-order valence-corrected chi connectivity index (χ2v) is 7.92. The van der Waals surface area contributed by atoms with E-state index in [-0.39, 0.29) is 0 Å². The first kappa shape index (κ1) is 15.2. The quantitative estimate of drug-likeness (QED) is 0.444. The van der Waals surface area contributed by atoms with Crippen molar-refractivity contribution >= 4 is 31.2 Å². The lowest BCUT2D eigenvalue weighted by molar-refractivity contribution is -0.383. The molecule has 0 aliphatic carbocycles. The Morgan fingerprint density at radius 2 is 1.89 bits per heavy atom. The van der Waals surface area contributed by atoms with Crippen LogP contribution in [0, 0.1) is 10.1 Å². The molecule has 19 heavy (non-hydrogen) atoms. The summed E-state index contributed by atoms with van der Waals surface area (Å²) >= 11 is 0. The van der Waals surface area contributed by atoms with Gasteiger partial charge in [0.05, 0.1) is 4.92 Å². The van der Waals surface area contributed by atoms with Crippen LogP contribution in [0.1, 0.15) is 0 Å². The van der Waals surface area contributed by atoms with E-state index < -0.39 is 47.0 Å². The van der Waals surface area contributed by atoms with Gasteiger partial charge in [0, 0.05) is 12.3 Å². The van der Waals surface area contributed by atoms with E-state index in [1.54, 1.807) is 4.72 Å². The number of nitro benzene ring substituents is 1. The summed E-state index contributed by atoms with van der Waals surface area (Å²) < 4.78 is 46.6. The van der Waals surface area contributed by atoms with Crippen molar-refractivity contribution in [2.24, 2.45) is 0 Å². The number of para-hydroxylation sites is 1. The Morgan fingerprint density at radius 3 is 2.37 bits per heavy atom. The zero-order valence-electron chi connectivity index (χ0n) is 9.60. The first-order valence-electron chi connectivity index (χ1n) is 4.66. The van der Waals surface area contributed by atoms with Crippen LogP contribution in [-0.2, 0) is 19.9 Å². The van der Waals surface area contributed by atoms with Gasteiger partial charge in [-0.3, -0.25) is 14.8 Å².